The molecule has 4 N–H and O–H groups in total. The van der Waals surface area contributed by atoms with Crippen molar-refractivity contribution < 1.29 is 4.74 Å². The third-order valence-electron chi connectivity index (χ3n) is 2.53. The molecule has 0 saturated heterocycles. The van der Waals surface area contributed by atoms with Crippen LogP contribution in [0.2, 0.25) is 0 Å². The smallest absolute Gasteiger partial charge is 0.122 e. The number of fused-ring (bicyclic) bond motifs is 1. The Balaban J connectivity index is 2.00. The fourth-order valence-electron chi connectivity index (χ4n) is 1.80. The van der Waals surface area contributed by atoms with Crippen molar-refractivity contribution in [2.45, 2.75) is 19.4 Å². The monoisotopic (exact) mass is 207 g/mol. The highest BCUT2D eigenvalue weighted by Crippen LogP contribution is 2.25. The number of rotatable bonds is 4. The minimum atomic E-state index is 0.619. The van der Waals surface area contributed by atoms with Crippen molar-refractivity contribution in [3.05, 3.63) is 29.3 Å². The zero-order valence-corrected chi connectivity index (χ0v) is 8.75. The van der Waals surface area contributed by atoms with Crippen LogP contribution in [0.5, 0.6) is 5.75 Å². The highest BCUT2D eigenvalue weighted by molar-refractivity contribution is 5.38. The van der Waals surface area contributed by atoms with Crippen LogP contribution in [-0.4, -0.2) is 13.3 Å². The van der Waals surface area contributed by atoms with Crippen LogP contribution < -0.4 is 21.3 Å². The molecule has 1 aliphatic heterocycles. The first-order valence-corrected chi connectivity index (χ1v) is 5.29. The summed E-state index contributed by atoms with van der Waals surface area (Å²) in [4.78, 5) is 0. The van der Waals surface area contributed by atoms with Crippen molar-refractivity contribution in [1.29, 1.82) is 0 Å². The summed E-state index contributed by atoms with van der Waals surface area (Å²) < 4.78 is 5.55. The van der Waals surface area contributed by atoms with Crippen molar-refractivity contribution >= 4 is 0 Å². The summed E-state index contributed by atoms with van der Waals surface area (Å²) in [5.74, 6) is 6.21. The number of aryl methyl sites for hydroxylation is 1. The molecule has 4 nitrogen and oxygen atoms in total. The van der Waals surface area contributed by atoms with E-state index in [9.17, 15) is 0 Å². The number of hydrogen-bond donors (Lipinski definition) is 3. The quantitative estimate of drug-likeness (QED) is 0.291. The number of ether oxygens (including phenoxy) is 1. The van der Waals surface area contributed by atoms with Gasteiger partial charge in [0, 0.05) is 6.54 Å². The van der Waals surface area contributed by atoms with Gasteiger partial charge >= 0.3 is 0 Å². The molecule has 0 fully saturated rings. The van der Waals surface area contributed by atoms with E-state index in [0.29, 0.717) is 6.67 Å². The van der Waals surface area contributed by atoms with E-state index < -0.39 is 0 Å². The summed E-state index contributed by atoms with van der Waals surface area (Å²) in [7, 11) is 0. The molecule has 15 heavy (non-hydrogen) atoms. The van der Waals surface area contributed by atoms with Gasteiger partial charge in [0.1, 0.15) is 5.75 Å². The number of benzene rings is 1. The van der Waals surface area contributed by atoms with Gasteiger partial charge in [0.15, 0.2) is 0 Å². The molecule has 1 heterocycles. The minimum Gasteiger partial charge on any atom is -0.493 e. The summed E-state index contributed by atoms with van der Waals surface area (Å²) in [5, 5.41) is 3.18. The van der Waals surface area contributed by atoms with E-state index in [1.54, 1.807) is 0 Å². The molecule has 0 radical (unpaired) electrons. The van der Waals surface area contributed by atoms with Crippen LogP contribution in [-0.2, 0) is 13.0 Å². The molecule has 0 atom stereocenters. The molecule has 82 valence electrons. The predicted octanol–water partition coefficient (Wildman–Crippen LogP) is 0.522. The maximum Gasteiger partial charge on any atom is 0.122 e. The second-order valence-electron chi connectivity index (χ2n) is 3.70. The van der Waals surface area contributed by atoms with Crippen LogP contribution in [0.1, 0.15) is 17.5 Å². The van der Waals surface area contributed by atoms with Gasteiger partial charge in [-0.05, 0) is 30.0 Å². The number of nitrogens with one attached hydrogen (secondary N) is 2. The maximum absolute atomic E-state index is 5.55. The molecule has 0 saturated carbocycles. The first kappa shape index (κ1) is 10.4. The van der Waals surface area contributed by atoms with Gasteiger partial charge in [-0.25, -0.2) is 5.43 Å². The first-order chi connectivity index (χ1) is 7.40. The van der Waals surface area contributed by atoms with E-state index in [1.165, 1.54) is 11.1 Å². The zero-order valence-electron chi connectivity index (χ0n) is 8.75. The molecule has 0 bridgehead atoms. The average Bonchev–Trinajstić information content (AvgIpc) is 2.29. The predicted molar refractivity (Wildman–Crippen MR) is 59.3 cm³/mol. The van der Waals surface area contributed by atoms with Crippen molar-refractivity contribution in [2.75, 3.05) is 13.3 Å². The summed E-state index contributed by atoms with van der Waals surface area (Å²) in [5.41, 5.74) is 5.16. The Hall–Kier alpha value is -1.10. The molecule has 4 heteroatoms. The Labute approximate surface area is 89.8 Å². The topological polar surface area (TPSA) is 59.3 Å². The Kier molecular flexibility index (Phi) is 3.55. The molecule has 0 amide bonds. The standard InChI is InChI=1S/C11H17N3O/c12-14-8-13-7-9-3-4-11-10(6-9)2-1-5-15-11/h3-4,6,13-14H,1-2,5,7-8,12H2. The van der Waals surface area contributed by atoms with Crippen molar-refractivity contribution in [2.24, 2.45) is 5.84 Å². The highest BCUT2D eigenvalue weighted by atomic mass is 16.5. The Morgan fingerprint density at radius 2 is 2.33 bits per heavy atom. The van der Waals surface area contributed by atoms with Gasteiger partial charge < -0.3 is 4.74 Å². The fraction of sp³-hybridized carbons (Fsp3) is 0.455. The summed E-state index contributed by atoms with van der Waals surface area (Å²) >= 11 is 0. The first-order valence-electron chi connectivity index (χ1n) is 5.29. The minimum absolute atomic E-state index is 0.619. The fourth-order valence-corrected chi connectivity index (χ4v) is 1.80. The van der Waals surface area contributed by atoms with Crippen molar-refractivity contribution in [1.82, 2.24) is 10.7 Å². The lowest BCUT2D eigenvalue weighted by atomic mass is 10.0. The molecule has 0 unspecified atom stereocenters. The number of hydrazine groups is 1. The van der Waals surface area contributed by atoms with Gasteiger partial charge in [0.05, 0.1) is 13.3 Å². The molecule has 0 aliphatic carbocycles. The number of nitrogens with two attached hydrogens (primary N) is 1. The van der Waals surface area contributed by atoms with Crippen LogP contribution in [0.15, 0.2) is 18.2 Å². The SMILES string of the molecule is NNCNCc1ccc2c(c1)CCCO2. The molecular formula is C11H17N3O. The van der Waals surface area contributed by atoms with E-state index in [0.717, 1.165) is 31.7 Å². The van der Waals surface area contributed by atoms with E-state index in [1.807, 2.05) is 0 Å². The summed E-state index contributed by atoms with van der Waals surface area (Å²) in [6.45, 7) is 2.30. The van der Waals surface area contributed by atoms with Gasteiger partial charge in [-0.2, -0.15) is 0 Å². The van der Waals surface area contributed by atoms with Gasteiger partial charge in [-0.3, -0.25) is 11.2 Å². The van der Waals surface area contributed by atoms with E-state index >= 15 is 0 Å². The normalized spacial score (nSPS) is 14.5. The molecule has 0 spiro atoms. The van der Waals surface area contributed by atoms with Gasteiger partial charge in [0.2, 0.25) is 0 Å². The lowest BCUT2D eigenvalue weighted by molar-refractivity contribution is 0.288. The summed E-state index contributed by atoms with van der Waals surface area (Å²) in [6.07, 6.45) is 2.24. The lowest BCUT2D eigenvalue weighted by Crippen LogP contribution is -2.33. The average molecular weight is 207 g/mol. The highest BCUT2D eigenvalue weighted by Gasteiger charge is 2.09. The van der Waals surface area contributed by atoms with Crippen LogP contribution >= 0.6 is 0 Å². The zero-order chi connectivity index (χ0) is 10.5. The van der Waals surface area contributed by atoms with Crippen LogP contribution in [0.3, 0.4) is 0 Å². The Bertz CT molecular complexity index is 328. The van der Waals surface area contributed by atoms with Gasteiger partial charge in [0.25, 0.3) is 0 Å². The lowest BCUT2D eigenvalue weighted by Gasteiger charge is -2.18. The van der Waals surface area contributed by atoms with E-state index in [-0.39, 0.29) is 0 Å². The van der Waals surface area contributed by atoms with E-state index in [2.05, 4.69) is 28.9 Å². The van der Waals surface area contributed by atoms with Crippen molar-refractivity contribution in [3.63, 3.8) is 0 Å². The Morgan fingerprint density at radius 1 is 1.40 bits per heavy atom. The number of hydrogen-bond acceptors (Lipinski definition) is 4. The largest absolute Gasteiger partial charge is 0.493 e. The van der Waals surface area contributed by atoms with Gasteiger partial charge in [-0.1, -0.05) is 12.1 Å². The van der Waals surface area contributed by atoms with E-state index in [4.69, 9.17) is 10.6 Å². The second kappa shape index (κ2) is 5.11. The van der Waals surface area contributed by atoms with Gasteiger partial charge in [-0.15, -0.1) is 0 Å². The molecule has 1 aromatic carbocycles. The third kappa shape index (κ3) is 2.68. The van der Waals surface area contributed by atoms with Crippen molar-refractivity contribution in [3.8, 4) is 5.75 Å². The Morgan fingerprint density at radius 3 is 3.20 bits per heavy atom. The summed E-state index contributed by atoms with van der Waals surface area (Å²) in [6, 6.07) is 6.35. The molecule has 2 rings (SSSR count). The van der Waals surface area contributed by atoms with Crippen LogP contribution in [0.25, 0.3) is 0 Å². The van der Waals surface area contributed by atoms with Crippen LogP contribution in [0.4, 0.5) is 0 Å². The second-order valence-corrected chi connectivity index (χ2v) is 3.70. The molecule has 1 aromatic rings. The molecular weight excluding hydrogens is 190 g/mol. The molecule has 0 aromatic heterocycles. The van der Waals surface area contributed by atoms with Crippen LogP contribution in [0, 0.1) is 0 Å². The maximum atomic E-state index is 5.55. The third-order valence-corrected chi connectivity index (χ3v) is 2.53. The molecule has 1 aliphatic rings.